The summed E-state index contributed by atoms with van der Waals surface area (Å²) < 4.78 is 51.0. The Labute approximate surface area is 188 Å². The molecule has 2 aromatic carbocycles. The van der Waals surface area contributed by atoms with Gasteiger partial charge < -0.3 is 9.47 Å². The molecule has 0 aromatic heterocycles. The number of nitrogens with two attached hydrogens (primary N) is 1. The van der Waals surface area contributed by atoms with E-state index in [2.05, 4.69) is 0 Å². The van der Waals surface area contributed by atoms with Gasteiger partial charge in [0.05, 0.1) is 24.2 Å². The number of carbonyl (C=O) groups excluding carboxylic acids is 2. The highest BCUT2D eigenvalue weighted by Crippen LogP contribution is 2.48. The monoisotopic (exact) mass is 457 g/mol. The Hall–Kier alpha value is -3.39. The van der Waals surface area contributed by atoms with Crippen LogP contribution in [0.3, 0.4) is 0 Å². The Morgan fingerprint density at radius 3 is 2.61 bits per heavy atom. The van der Waals surface area contributed by atoms with Gasteiger partial charge in [0.2, 0.25) is 11.5 Å². The van der Waals surface area contributed by atoms with Crippen LogP contribution in [0, 0.1) is 5.92 Å². The molecular weight excluding hydrogens is 435 g/mol. The minimum Gasteiger partial charge on any atom is -0.468 e. The number of hydrogen-bond donors (Lipinski definition) is 1. The van der Waals surface area contributed by atoms with Crippen LogP contribution in [0.25, 0.3) is 11.6 Å². The Bertz CT molecular complexity index is 1180. The summed E-state index contributed by atoms with van der Waals surface area (Å²) in [7, 11) is 1.19. The van der Waals surface area contributed by atoms with E-state index in [1.165, 1.54) is 19.2 Å². The van der Waals surface area contributed by atoms with Crippen molar-refractivity contribution in [1.29, 1.82) is 0 Å². The van der Waals surface area contributed by atoms with Crippen molar-refractivity contribution in [3.63, 3.8) is 0 Å². The van der Waals surface area contributed by atoms with Crippen molar-refractivity contribution >= 4 is 23.4 Å². The fraction of sp³-hybridized carbons (Fsp3) is 0.280. The summed E-state index contributed by atoms with van der Waals surface area (Å²) >= 11 is 0. The second-order valence-corrected chi connectivity index (χ2v) is 7.99. The molecule has 2 N–H and O–H groups in total. The fourth-order valence-electron chi connectivity index (χ4n) is 4.39. The Morgan fingerprint density at radius 1 is 1.21 bits per heavy atom. The third-order valence-corrected chi connectivity index (χ3v) is 6.06. The van der Waals surface area contributed by atoms with Gasteiger partial charge in [0.15, 0.2) is 0 Å². The first kappa shape index (κ1) is 22.8. The third kappa shape index (κ3) is 3.74. The molecule has 1 aliphatic heterocycles. The van der Waals surface area contributed by atoms with Crippen LogP contribution in [0.4, 0.5) is 13.2 Å². The first-order chi connectivity index (χ1) is 15.6. The molecule has 5 nitrogen and oxygen atoms in total. The smallest absolute Gasteiger partial charge is 0.416 e. The van der Waals surface area contributed by atoms with E-state index in [0.717, 1.165) is 23.3 Å². The lowest BCUT2D eigenvalue weighted by Gasteiger charge is -2.30. The van der Waals surface area contributed by atoms with E-state index >= 15 is 0 Å². The van der Waals surface area contributed by atoms with Crippen molar-refractivity contribution in [1.82, 2.24) is 0 Å². The first-order valence-corrected chi connectivity index (χ1v) is 10.4. The summed E-state index contributed by atoms with van der Waals surface area (Å²) in [5.74, 6) is -3.12. The van der Waals surface area contributed by atoms with Gasteiger partial charge in [-0.1, -0.05) is 55.5 Å². The van der Waals surface area contributed by atoms with Gasteiger partial charge in [-0.3, -0.25) is 15.3 Å². The van der Waals surface area contributed by atoms with Gasteiger partial charge in [0.25, 0.3) is 0 Å². The number of methoxy groups -OCH3 is 1. The lowest BCUT2D eigenvalue weighted by atomic mass is 9.84. The Kier molecular flexibility index (Phi) is 5.66. The molecule has 0 amide bonds. The van der Waals surface area contributed by atoms with Gasteiger partial charge in [-0.25, -0.2) is 0 Å². The summed E-state index contributed by atoms with van der Waals surface area (Å²) in [5, 5.41) is 0. The van der Waals surface area contributed by atoms with Gasteiger partial charge in [0, 0.05) is 0 Å². The molecule has 0 saturated heterocycles. The maximum Gasteiger partial charge on any atom is 0.416 e. The number of fused-ring (bicyclic) bond motifs is 1. The molecule has 1 aliphatic carbocycles. The second-order valence-electron chi connectivity index (χ2n) is 7.99. The fourth-order valence-corrected chi connectivity index (χ4v) is 4.39. The van der Waals surface area contributed by atoms with E-state index in [9.17, 15) is 22.8 Å². The van der Waals surface area contributed by atoms with Gasteiger partial charge in [-0.15, -0.1) is 0 Å². The molecular formula is C25H22F3NO4. The summed E-state index contributed by atoms with van der Waals surface area (Å²) in [6, 6.07) is 11.7. The number of rotatable bonds is 5. The average molecular weight is 457 g/mol. The maximum absolute atomic E-state index is 13.8. The van der Waals surface area contributed by atoms with E-state index < -0.39 is 41.1 Å². The van der Waals surface area contributed by atoms with Crippen LogP contribution >= 0.6 is 0 Å². The topological polar surface area (TPSA) is 78.6 Å². The zero-order chi connectivity index (χ0) is 24.0. The number of carbonyl (C=O) groups is 2. The van der Waals surface area contributed by atoms with Crippen molar-refractivity contribution < 1.29 is 32.2 Å². The molecule has 2 aliphatic rings. The molecule has 2 aromatic rings. The predicted octanol–water partition coefficient (Wildman–Crippen LogP) is 4.68. The van der Waals surface area contributed by atoms with Crippen LogP contribution in [-0.4, -0.2) is 24.6 Å². The maximum atomic E-state index is 13.8. The van der Waals surface area contributed by atoms with Gasteiger partial charge in [-0.05, 0) is 35.2 Å². The van der Waals surface area contributed by atoms with E-state index in [1.807, 2.05) is 24.3 Å². The molecule has 0 spiro atoms. The van der Waals surface area contributed by atoms with E-state index in [0.29, 0.717) is 0 Å². The SMILES string of the molecule is CCC(C(=O)OC)C1=C(c2cccc(C(F)(F)F)c2)C(=O)C(N)(C2C=Cc3ccccc32)O1. The molecule has 33 heavy (non-hydrogen) atoms. The predicted molar refractivity (Wildman–Crippen MR) is 115 cm³/mol. The van der Waals surface area contributed by atoms with Gasteiger partial charge >= 0.3 is 12.1 Å². The molecule has 0 bridgehead atoms. The summed E-state index contributed by atoms with van der Waals surface area (Å²) in [4.78, 5) is 26.2. The highest BCUT2D eigenvalue weighted by atomic mass is 19.4. The number of esters is 1. The lowest BCUT2D eigenvalue weighted by Crippen LogP contribution is -2.51. The van der Waals surface area contributed by atoms with Crippen molar-refractivity contribution in [3.8, 4) is 0 Å². The van der Waals surface area contributed by atoms with Crippen LogP contribution in [0.2, 0.25) is 0 Å². The van der Waals surface area contributed by atoms with Crippen LogP contribution in [0.1, 0.15) is 41.5 Å². The zero-order valence-corrected chi connectivity index (χ0v) is 18.0. The minimum absolute atomic E-state index is 0.0187. The number of ether oxygens (including phenoxy) is 2. The highest BCUT2D eigenvalue weighted by Gasteiger charge is 2.55. The number of halogens is 3. The molecule has 3 unspecified atom stereocenters. The van der Waals surface area contributed by atoms with Gasteiger partial charge in [-0.2, -0.15) is 13.2 Å². The number of hydrogen-bond acceptors (Lipinski definition) is 5. The second kappa shape index (κ2) is 8.19. The number of alkyl halides is 3. The van der Waals surface area contributed by atoms with E-state index in [4.69, 9.17) is 15.2 Å². The molecule has 3 atom stereocenters. The van der Waals surface area contributed by atoms with E-state index in [-0.39, 0.29) is 23.3 Å². The average Bonchev–Trinajstić information content (AvgIpc) is 3.34. The third-order valence-electron chi connectivity index (χ3n) is 6.06. The number of Topliss-reactive ketones (excluding diaryl/α,β-unsaturated/α-hetero) is 1. The Morgan fingerprint density at radius 2 is 1.94 bits per heavy atom. The molecule has 0 fully saturated rings. The molecule has 0 radical (unpaired) electrons. The minimum atomic E-state index is -4.61. The lowest BCUT2D eigenvalue weighted by molar-refractivity contribution is -0.147. The van der Waals surface area contributed by atoms with Crippen LogP contribution in [0.15, 0.2) is 60.4 Å². The molecule has 8 heteroatoms. The number of ketones is 1. The van der Waals surface area contributed by atoms with Crippen molar-refractivity contribution in [2.24, 2.45) is 11.7 Å². The van der Waals surface area contributed by atoms with E-state index in [1.54, 1.807) is 19.1 Å². The van der Waals surface area contributed by atoms with Crippen molar-refractivity contribution in [3.05, 3.63) is 82.6 Å². The van der Waals surface area contributed by atoms with Crippen LogP contribution < -0.4 is 5.73 Å². The molecule has 0 saturated carbocycles. The van der Waals surface area contributed by atoms with Crippen molar-refractivity contribution in [2.75, 3.05) is 7.11 Å². The quantitative estimate of drug-likeness (QED) is 0.660. The largest absolute Gasteiger partial charge is 0.468 e. The normalized spacial score (nSPS) is 22.8. The standard InChI is InChI=1S/C25H22F3NO4/c1-3-17(23(31)32-2)21-20(15-8-6-9-16(13-15)25(26,27)28)22(30)24(29,33-21)19-12-11-14-7-4-5-10-18(14)19/h4-13,17,19H,3,29H2,1-2H3. The van der Waals surface area contributed by atoms with Crippen LogP contribution in [0.5, 0.6) is 0 Å². The van der Waals surface area contributed by atoms with Crippen LogP contribution in [-0.2, 0) is 25.2 Å². The highest BCUT2D eigenvalue weighted by molar-refractivity contribution is 6.27. The zero-order valence-electron chi connectivity index (χ0n) is 18.0. The van der Waals surface area contributed by atoms with Crippen molar-refractivity contribution in [2.45, 2.75) is 31.2 Å². The molecule has 4 rings (SSSR count). The number of benzene rings is 2. The molecule has 1 heterocycles. The summed E-state index contributed by atoms with van der Waals surface area (Å²) in [6.45, 7) is 1.69. The Balaban J connectivity index is 1.87. The summed E-state index contributed by atoms with van der Waals surface area (Å²) in [6.07, 6.45) is -0.872. The first-order valence-electron chi connectivity index (χ1n) is 10.4. The van der Waals surface area contributed by atoms with Gasteiger partial charge in [0.1, 0.15) is 11.7 Å². The molecule has 172 valence electrons. The summed E-state index contributed by atoms with van der Waals surface area (Å²) in [5.41, 5.74) is 5.16.